The van der Waals surface area contributed by atoms with Crippen molar-refractivity contribution in [2.75, 3.05) is 7.11 Å². The minimum atomic E-state index is -1.43. The molecule has 0 aliphatic rings. The van der Waals surface area contributed by atoms with Gasteiger partial charge < -0.3 is 19.6 Å². The van der Waals surface area contributed by atoms with Gasteiger partial charge >= 0.3 is 11.7 Å². The van der Waals surface area contributed by atoms with Crippen LogP contribution in [0.2, 0.25) is 0 Å². The first-order chi connectivity index (χ1) is 12.9. The Bertz CT molecular complexity index is 1050. The average molecular weight is 377 g/mol. The lowest BCUT2D eigenvalue weighted by molar-refractivity contribution is 0.186. The number of methoxy groups -OCH3 is 1. The van der Waals surface area contributed by atoms with Crippen LogP contribution in [0.4, 0.5) is 13.6 Å². The lowest BCUT2D eigenvalue weighted by Crippen LogP contribution is -2.30. The number of hydrogen-bond acceptors (Lipinski definition) is 6. The molecule has 8 nitrogen and oxygen atoms in total. The maximum atomic E-state index is 13.4. The van der Waals surface area contributed by atoms with Crippen molar-refractivity contribution >= 4 is 17.1 Å². The Morgan fingerprint density at radius 3 is 2.59 bits per heavy atom. The van der Waals surface area contributed by atoms with Gasteiger partial charge in [-0.05, 0) is 23.8 Å². The Hall–Kier alpha value is -3.56. The van der Waals surface area contributed by atoms with Crippen molar-refractivity contribution in [2.24, 2.45) is 0 Å². The smallest absolute Gasteiger partial charge is 0.405 e. The van der Waals surface area contributed by atoms with Crippen molar-refractivity contribution in [3.05, 3.63) is 63.8 Å². The second-order valence-corrected chi connectivity index (χ2v) is 5.55. The van der Waals surface area contributed by atoms with E-state index in [1.165, 1.54) is 19.2 Å². The van der Waals surface area contributed by atoms with Crippen LogP contribution in [0.3, 0.4) is 0 Å². The molecule has 3 rings (SSSR count). The number of carbonyl (C=O) groups is 1. The Kier molecular flexibility index (Phi) is 4.97. The van der Waals surface area contributed by atoms with Gasteiger partial charge in [0.15, 0.2) is 5.65 Å². The molecular formula is C17H13F2N3O5. The summed E-state index contributed by atoms with van der Waals surface area (Å²) in [5, 5.41) is 11.3. The summed E-state index contributed by atoms with van der Waals surface area (Å²) in [4.78, 5) is 31.4. The molecule has 2 aromatic heterocycles. The van der Waals surface area contributed by atoms with Crippen molar-refractivity contribution in [3.63, 3.8) is 0 Å². The van der Waals surface area contributed by atoms with Crippen LogP contribution in [-0.2, 0) is 6.42 Å². The number of carboxylic acid groups (broad SMARTS) is 1. The number of nitrogens with one attached hydrogen (secondary N) is 1. The third-order valence-corrected chi connectivity index (χ3v) is 3.65. The SMILES string of the molecule is COc1ccc2c(=O)oc(C(Cc3cc(F)cc(F)c3)NC(=O)O)nc2n1. The van der Waals surface area contributed by atoms with Gasteiger partial charge in [0.05, 0.1) is 7.11 Å². The van der Waals surface area contributed by atoms with Crippen LogP contribution in [-0.4, -0.2) is 28.3 Å². The summed E-state index contributed by atoms with van der Waals surface area (Å²) in [6.45, 7) is 0. The summed E-state index contributed by atoms with van der Waals surface area (Å²) in [7, 11) is 1.38. The van der Waals surface area contributed by atoms with E-state index in [9.17, 15) is 18.4 Å². The van der Waals surface area contributed by atoms with E-state index in [-0.39, 0.29) is 34.8 Å². The lowest BCUT2D eigenvalue weighted by Gasteiger charge is -2.15. The number of amides is 1. The molecule has 27 heavy (non-hydrogen) atoms. The molecule has 0 fully saturated rings. The Morgan fingerprint density at radius 2 is 1.96 bits per heavy atom. The van der Waals surface area contributed by atoms with Crippen LogP contribution in [0, 0.1) is 11.6 Å². The molecule has 1 atom stereocenters. The highest BCUT2D eigenvalue weighted by molar-refractivity contribution is 5.73. The van der Waals surface area contributed by atoms with E-state index in [0.29, 0.717) is 6.07 Å². The number of ether oxygens (including phenoxy) is 1. The first kappa shape index (κ1) is 18.2. The normalized spacial score (nSPS) is 12.0. The topological polar surface area (TPSA) is 115 Å². The molecule has 1 aromatic carbocycles. The molecule has 0 aliphatic carbocycles. The quantitative estimate of drug-likeness (QED) is 0.702. The molecule has 2 heterocycles. The molecule has 0 saturated heterocycles. The van der Waals surface area contributed by atoms with Gasteiger partial charge in [0.1, 0.15) is 23.1 Å². The van der Waals surface area contributed by atoms with Crippen LogP contribution in [0.5, 0.6) is 5.88 Å². The lowest BCUT2D eigenvalue weighted by atomic mass is 10.1. The number of rotatable bonds is 5. The highest BCUT2D eigenvalue weighted by Gasteiger charge is 2.22. The third-order valence-electron chi connectivity index (χ3n) is 3.65. The number of nitrogens with zero attached hydrogens (tertiary/aromatic N) is 2. The monoisotopic (exact) mass is 377 g/mol. The zero-order valence-electron chi connectivity index (χ0n) is 13.9. The van der Waals surface area contributed by atoms with E-state index in [4.69, 9.17) is 14.3 Å². The van der Waals surface area contributed by atoms with E-state index >= 15 is 0 Å². The summed E-state index contributed by atoms with van der Waals surface area (Å²) in [6, 6.07) is 4.45. The predicted octanol–water partition coefficient (Wildman–Crippen LogP) is 2.42. The second kappa shape index (κ2) is 7.36. The minimum absolute atomic E-state index is 0.0109. The summed E-state index contributed by atoms with van der Waals surface area (Å²) < 4.78 is 36.9. The van der Waals surface area contributed by atoms with Gasteiger partial charge in [-0.1, -0.05) is 0 Å². The van der Waals surface area contributed by atoms with Crippen molar-refractivity contribution in [1.29, 1.82) is 0 Å². The highest BCUT2D eigenvalue weighted by atomic mass is 19.1. The molecule has 0 saturated carbocycles. The van der Waals surface area contributed by atoms with Crippen molar-refractivity contribution in [1.82, 2.24) is 15.3 Å². The third kappa shape index (κ3) is 4.17. The number of hydrogen-bond donors (Lipinski definition) is 2. The van der Waals surface area contributed by atoms with Crippen LogP contribution in [0.25, 0.3) is 11.0 Å². The minimum Gasteiger partial charge on any atom is -0.481 e. The molecule has 0 bridgehead atoms. The highest BCUT2D eigenvalue weighted by Crippen LogP contribution is 2.20. The summed E-state index contributed by atoms with van der Waals surface area (Å²) in [5.41, 5.74) is -0.648. The zero-order chi connectivity index (χ0) is 19.6. The van der Waals surface area contributed by atoms with Crippen molar-refractivity contribution < 1.29 is 27.8 Å². The van der Waals surface area contributed by atoms with Gasteiger partial charge in [0.25, 0.3) is 0 Å². The van der Waals surface area contributed by atoms with Gasteiger partial charge in [-0.2, -0.15) is 9.97 Å². The predicted molar refractivity (Wildman–Crippen MR) is 88.6 cm³/mol. The molecule has 0 radical (unpaired) electrons. The molecule has 0 aliphatic heterocycles. The van der Waals surface area contributed by atoms with E-state index in [1.807, 2.05) is 0 Å². The van der Waals surface area contributed by atoms with E-state index in [0.717, 1.165) is 12.1 Å². The molecule has 0 spiro atoms. The van der Waals surface area contributed by atoms with Crippen LogP contribution >= 0.6 is 0 Å². The molecule has 140 valence electrons. The van der Waals surface area contributed by atoms with Gasteiger partial charge in [0.2, 0.25) is 11.8 Å². The van der Waals surface area contributed by atoms with Gasteiger partial charge in [0, 0.05) is 18.6 Å². The van der Waals surface area contributed by atoms with E-state index < -0.39 is 29.4 Å². The second-order valence-electron chi connectivity index (χ2n) is 5.55. The number of halogens is 2. The zero-order valence-corrected chi connectivity index (χ0v) is 13.9. The van der Waals surface area contributed by atoms with Crippen LogP contribution in [0.1, 0.15) is 17.5 Å². The van der Waals surface area contributed by atoms with E-state index in [1.54, 1.807) is 0 Å². The molecule has 10 heteroatoms. The van der Waals surface area contributed by atoms with Gasteiger partial charge in [-0.25, -0.2) is 18.4 Å². The summed E-state index contributed by atoms with van der Waals surface area (Å²) >= 11 is 0. The van der Waals surface area contributed by atoms with Crippen LogP contribution < -0.4 is 15.7 Å². The first-order valence-corrected chi connectivity index (χ1v) is 7.66. The maximum absolute atomic E-state index is 13.4. The molecule has 3 aromatic rings. The summed E-state index contributed by atoms with van der Waals surface area (Å²) in [6.07, 6.45) is -1.63. The molecular weight excluding hydrogens is 364 g/mol. The number of benzene rings is 1. The largest absolute Gasteiger partial charge is 0.481 e. The Labute approximate surface area is 150 Å². The summed E-state index contributed by atoms with van der Waals surface area (Å²) in [5.74, 6) is -1.74. The Balaban J connectivity index is 2.06. The maximum Gasteiger partial charge on any atom is 0.405 e. The molecule has 1 unspecified atom stereocenters. The van der Waals surface area contributed by atoms with Gasteiger partial charge in [-0.15, -0.1) is 0 Å². The van der Waals surface area contributed by atoms with Crippen LogP contribution in [0.15, 0.2) is 39.5 Å². The number of pyridine rings is 1. The first-order valence-electron chi connectivity index (χ1n) is 7.66. The fourth-order valence-corrected chi connectivity index (χ4v) is 2.53. The Morgan fingerprint density at radius 1 is 1.26 bits per heavy atom. The fraction of sp³-hybridized carbons (Fsp3) is 0.176. The van der Waals surface area contributed by atoms with E-state index in [2.05, 4.69) is 15.3 Å². The molecule has 1 amide bonds. The van der Waals surface area contributed by atoms with Crippen molar-refractivity contribution in [3.8, 4) is 5.88 Å². The number of fused-ring (bicyclic) bond motifs is 1. The van der Waals surface area contributed by atoms with Gasteiger partial charge in [-0.3, -0.25) is 0 Å². The molecule has 2 N–H and O–H groups in total. The number of aromatic nitrogens is 2. The standard InChI is InChI=1S/C17H13F2N3O5/c1-26-13-3-2-11-14(21-13)22-15(27-16(11)23)12(20-17(24)25)6-8-4-9(18)7-10(19)5-8/h2-5,7,12,20H,6H2,1H3,(H,24,25). The average Bonchev–Trinajstić information content (AvgIpc) is 2.59. The fourth-order valence-electron chi connectivity index (χ4n) is 2.53. The van der Waals surface area contributed by atoms with Crippen molar-refractivity contribution in [2.45, 2.75) is 12.5 Å².